The highest BCUT2D eigenvalue weighted by atomic mass is 79.9. The van der Waals surface area contributed by atoms with E-state index in [2.05, 4.69) is 36.3 Å². The molecule has 3 rings (SSSR count). The third kappa shape index (κ3) is 3.60. The second-order valence-corrected chi connectivity index (χ2v) is 5.74. The number of halogens is 5. The zero-order chi connectivity index (χ0) is 18.1. The summed E-state index contributed by atoms with van der Waals surface area (Å²) < 4.78 is 53.1. The molecule has 0 fully saturated rings. The van der Waals surface area contributed by atoms with Crippen molar-refractivity contribution in [3.05, 3.63) is 52.0 Å². The number of alkyl halides is 4. The molecule has 3 heterocycles. The van der Waals surface area contributed by atoms with Crippen molar-refractivity contribution in [1.29, 1.82) is 0 Å². The van der Waals surface area contributed by atoms with Crippen LogP contribution in [0.4, 0.5) is 23.4 Å². The predicted octanol–water partition coefficient (Wildman–Crippen LogP) is 4.01. The minimum absolute atomic E-state index is 0.209. The van der Waals surface area contributed by atoms with Gasteiger partial charge in [0.25, 0.3) is 18.8 Å². The lowest BCUT2D eigenvalue weighted by molar-refractivity contribution is 0.102. The number of fused-ring (bicyclic) bond motifs is 1. The Morgan fingerprint density at radius 2 is 1.92 bits per heavy atom. The molecule has 3 aromatic heterocycles. The second-order valence-electron chi connectivity index (χ2n) is 4.82. The molecule has 0 aromatic carbocycles. The van der Waals surface area contributed by atoms with Gasteiger partial charge in [-0.2, -0.15) is 5.10 Å². The van der Waals surface area contributed by atoms with E-state index in [0.717, 1.165) is 6.07 Å². The van der Waals surface area contributed by atoms with Gasteiger partial charge in [0.1, 0.15) is 17.2 Å². The largest absolute Gasteiger partial charge is 0.305 e. The van der Waals surface area contributed by atoms with Crippen LogP contribution < -0.4 is 5.32 Å². The van der Waals surface area contributed by atoms with Gasteiger partial charge in [-0.1, -0.05) is 0 Å². The molecule has 0 aliphatic rings. The summed E-state index contributed by atoms with van der Waals surface area (Å²) in [4.78, 5) is 19.7. The second kappa shape index (κ2) is 6.75. The summed E-state index contributed by atoms with van der Waals surface area (Å²) in [5, 5.41) is 6.15. The van der Waals surface area contributed by atoms with E-state index < -0.39 is 30.1 Å². The van der Waals surface area contributed by atoms with Gasteiger partial charge in [0.15, 0.2) is 11.3 Å². The van der Waals surface area contributed by atoms with Crippen LogP contribution in [-0.4, -0.2) is 25.5 Å². The summed E-state index contributed by atoms with van der Waals surface area (Å²) in [5.74, 6) is -0.528. The summed E-state index contributed by atoms with van der Waals surface area (Å²) in [7, 11) is 0. The standard InChI is InChI=1S/C14H8BrF4N5O/c15-6-1-2-10(20-5-6)22-14(25)8-4-11-21-7(12(16)17)3-9(13(18)19)24(11)23-8/h1-5,12-13H,(H,20,22,25). The Hall–Kier alpha value is -2.56. The van der Waals surface area contributed by atoms with Gasteiger partial charge >= 0.3 is 0 Å². The van der Waals surface area contributed by atoms with Crippen LogP contribution in [0.1, 0.15) is 34.7 Å². The Bertz CT molecular complexity index is 929. The van der Waals surface area contributed by atoms with Crippen molar-refractivity contribution in [2.75, 3.05) is 5.32 Å². The number of anilines is 1. The van der Waals surface area contributed by atoms with Crippen LogP contribution in [0.3, 0.4) is 0 Å². The summed E-state index contributed by atoms with van der Waals surface area (Å²) in [5.41, 5.74) is -2.13. The molecule has 25 heavy (non-hydrogen) atoms. The minimum Gasteiger partial charge on any atom is -0.305 e. The maximum atomic E-state index is 13.1. The lowest BCUT2D eigenvalue weighted by Gasteiger charge is -2.06. The molecule has 1 amide bonds. The maximum absolute atomic E-state index is 13.1. The van der Waals surface area contributed by atoms with Gasteiger partial charge in [0.05, 0.1) is 0 Å². The first-order chi connectivity index (χ1) is 11.8. The molecule has 0 saturated carbocycles. The number of nitrogens with one attached hydrogen (secondary N) is 1. The lowest BCUT2D eigenvalue weighted by atomic mass is 10.3. The molecule has 0 aliphatic heterocycles. The highest BCUT2D eigenvalue weighted by Crippen LogP contribution is 2.25. The summed E-state index contributed by atoms with van der Waals surface area (Å²) in [6.45, 7) is 0. The van der Waals surface area contributed by atoms with E-state index in [1.54, 1.807) is 6.07 Å². The first kappa shape index (κ1) is 17.3. The van der Waals surface area contributed by atoms with Crippen molar-refractivity contribution in [3.8, 4) is 0 Å². The molecule has 0 spiro atoms. The summed E-state index contributed by atoms with van der Waals surface area (Å²) in [6, 6.07) is 4.76. The number of amides is 1. The highest BCUT2D eigenvalue weighted by molar-refractivity contribution is 9.10. The van der Waals surface area contributed by atoms with Crippen LogP contribution in [0.15, 0.2) is 34.9 Å². The van der Waals surface area contributed by atoms with Crippen LogP contribution in [-0.2, 0) is 0 Å². The van der Waals surface area contributed by atoms with Crippen LogP contribution in [0, 0.1) is 0 Å². The van der Waals surface area contributed by atoms with Gasteiger partial charge in [0.2, 0.25) is 0 Å². The summed E-state index contributed by atoms with van der Waals surface area (Å²) in [6.07, 6.45) is -4.64. The molecular weight excluding hydrogens is 410 g/mol. The Balaban J connectivity index is 1.98. The number of aromatic nitrogens is 4. The number of carbonyl (C=O) groups excluding carboxylic acids is 1. The fourth-order valence-electron chi connectivity index (χ4n) is 2.03. The smallest absolute Gasteiger partial charge is 0.280 e. The van der Waals surface area contributed by atoms with Crippen LogP contribution in [0.25, 0.3) is 5.65 Å². The number of rotatable bonds is 4. The molecule has 0 radical (unpaired) electrons. The molecule has 11 heteroatoms. The highest BCUT2D eigenvalue weighted by Gasteiger charge is 2.22. The number of nitrogens with zero attached hydrogens (tertiary/aromatic N) is 4. The van der Waals surface area contributed by atoms with E-state index in [1.807, 2.05) is 0 Å². The Kier molecular flexibility index (Phi) is 4.66. The number of pyridine rings is 1. The zero-order valence-electron chi connectivity index (χ0n) is 12.1. The van der Waals surface area contributed by atoms with Gasteiger partial charge in [-0.3, -0.25) is 4.79 Å². The van der Waals surface area contributed by atoms with Crippen molar-refractivity contribution in [2.45, 2.75) is 12.9 Å². The fourth-order valence-corrected chi connectivity index (χ4v) is 2.26. The molecule has 0 bridgehead atoms. The molecular formula is C14H8BrF4N5O. The summed E-state index contributed by atoms with van der Waals surface area (Å²) >= 11 is 3.19. The van der Waals surface area contributed by atoms with E-state index in [0.29, 0.717) is 15.1 Å². The van der Waals surface area contributed by atoms with Crippen molar-refractivity contribution >= 4 is 33.3 Å². The maximum Gasteiger partial charge on any atom is 0.280 e. The van der Waals surface area contributed by atoms with Gasteiger partial charge in [-0.25, -0.2) is 32.0 Å². The third-order valence-electron chi connectivity index (χ3n) is 3.12. The van der Waals surface area contributed by atoms with E-state index in [-0.39, 0.29) is 17.2 Å². The third-order valence-corrected chi connectivity index (χ3v) is 3.59. The first-order valence-corrected chi connectivity index (χ1v) is 7.54. The molecule has 0 atom stereocenters. The Morgan fingerprint density at radius 1 is 1.16 bits per heavy atom. The van der Waals surface area contributed by atoms with Crippen molar-refractivity contribution in [3.63, 3.8) is 0 Å². The normalized spacial score (nSPS) is 11.5. The lowest BCUT2D eigenvalue weighted by Crippen LogP contribution is -2.14. The molecule has 130 valence electrons. The predicted molar refractivity (Wildman–Crippen MR) is 82.8 cm³/mol. The Labute approximate surface area is 146 Å². The van der Waals surface area contributed by atoms with E-state index in [9.17, 15) is 22.4 Å². The van der Waals surface area contributed by atoms with Crippen molar-refractivity contribution in [1.82, 2.24) is 19.6 Å². The molecule has 3 aromatic rings. The number of hydrogen-bond acceptors (Lipinski definition) is 4. The van der Waals surface area contributed by atoms with Crippen LogP contribution in [0.5, 0.6) is 0 Å². The van der Waals surface area contributed by atoms with Gasteiger partial charge in [-0.05, 0) is 34.1 Å². The van der Waals surface area contributed by atoms with E-state index in [4.69, 9.17) is 0 Å². The number of carbonyl (C=O) groups is 1. The quantitative estimate of drug-likeness (QED) is 0.650. The average Bonchev–Trinajstić information content (AvgIpc) is 2.99. The zero-order valence-corrected chi connectivity index (χ0v) is 13.7. The van der Waals surface area contributed by atoms with E-state index >= 15 is 0 Å². The van der Waals surface area contributed by atoms with Crippen LogP contribution in [0.2, 0.25) is 0 Å². The van der Waals surface area contributed by atoms with Crippen molar-refractivity contribution in [2.24, 2.45) is 0 Å². The first-order valence-electron chi connectivity index (χ1n) is 6.75. The molecule has 0 saturated heterocycles. The molecule has 1 N–H and O–H groups in total. The monoisotopic (exact) mass is 417 g/mol. The van der Waals surface area contributed by atoms with Crippen LogP contribution >= 0.6 is 15.9 Å². The minimum atomic E-state index is -3.06. The Morgan fingerprint density at radius 3 is 2.52 bits per heavy atom. The number of hydrogen-bond donors (Lipinski definition) is 1. The average molecular weight is 418 g/mol. The molecule has 6 nitrogen and oxygen atoms in total. The fraction of sp³-hybridized carbons (Fsp3) is 0.143. The topological polar surface area (TPSA) is 72.2 Å². The van der Waals surface area contributed by atoms with Gasteiger partial charge < -0.3 is 5.32 Å². The van der Waals surface area contributed by atoms with Gasteiger partial charge in [0, 0.05) is 16.7 Å². The molecule has 0 aliphatic carbocycles. The SMILES string of the molecule is O=C(Nc1ccc(Br)cn1)c1cc2nc(C(F)F)cc(C(F)F)n2n1. The van der Waals surface area contributed by atoms with Crippen molar-refractivity contribution < 1.29 is 22.4 Å². The molecule has 0 unspecified atom stereocenters. The van der Waals surface area contributed by atoms with Gasteiger partial charge in [-0.15, -0.1) is 0 Å². The van der Waals surface area contributed by atoms with E-state index in [1.165, 1.54) is 12.3 Å².